The van der Waals surface area contributed by atoms with Crippen LogP contribution in [0, 0.1) is 0 Å². The van der Waals surface area contributed by atoms with Crippen LogP contribution in [0.25, 0.3) is 6.08 Å². The van der Waals surface area contributed by atoms with Crippen LogP contribution in [-0.4, -0.2) is 0 Å². The van der Waals surface area contributed by atoms with Gasteiger partial charge in [-0.2, -0.15) is 0 Å². The summed E-state index contributed by atoms with van der Waals surface area (Å²) in [6.45, 7) is 10.7. The third-order valence-electron chi connectivity index (χ3n) is 3.08. The molecule has 0 nitrogen and oxygen atoms in total. The fraction of sp³-hybridized carbons (Fsp3) is 0.467. The van der Waals surface area contributed by atoms with E-state index in [1.807, 2.05) is 6.08 Å². The molecule has 15 heavy (non-hydrogen) atoms. The van der Waals surface area contributed by atoms with Crippen molar-refractivity contribution in [3.63, 3.8) is 0 Å². The Kier molecular flexibility index (Phi) is 4.14. The topological polar surface area (TPSA) is 0 Å². The van der Waals surface area contributed by atoms with Gasteiger partial charge in [-0.25, -0.2) is 0 Å². The monoisotopic (exact) mass is 202 g/mol. The minimum absolute atomic E-state index is 0.301. The van der Waals surface area contributed by atoms with Crippen LogP contribution in [0.3, 0.4) is 0 Å². The predicted molar refractivity (Wildman–Crippen MR) is 69.1 cm³/mol. The van der Waals surface area contributed by atoms with Gasteiger partial charge in [0.25, 0.3) is 0 Å². The molecule has 82 valence electrons. The van der Waals surface area contributed by atoms with Gasteiger partial charge in [0, 0.05) is 0 Å². The molecule has 0 aliphatic heterocycles. The molecule has 0 N–H and O–H groups in total. The van der Waals surface area contributed by atoms with Crippen LogP contribution < -0.4 is 0 Å². The second kappa shape index (κ2) is 5.16. The quantitative estimate of drug-likeness (QED) is 0.643. The molecule has 0 atom stereocenters. The molecule has 0 heteroatoms. The molecule has 0 saturated carbocycles. The van der Waals surface area contributed by atoms with E-state index in [0.717, 1.165) is 0 Å². The van der Waals surface area contributed by atoms with E-state index in [2.05, 4.69) is 51.6 Å². The lowest BCUT2D eigenvalue weighted by atomic mass is 9.80. The molecule has 0 aromatic heterocycles. The fourth-order valence-corrected chi connectivity index (χ4v) is 1.83. The summed E-state index contributed by atoms with van der Waals surface area (Å²) < 4.78 is 0. The van der Waals surface area contributed by atoms with Gasteiger partial charge in [-0.3, -0.25) is 0 Å². The first kappa shape index (κ1) is 12.0. The van der Waals surface area contributed by atoms with Crippen molar-refractivity contribution < 1.29 is 0 Å². The normalized spacial score (nSPS) is 11.4. The summed E-state index contributed by atoms with van der Waals surface area (Å²) >= 11 is 0. The SMILES string of the molecule is C=Cc1ccc(C(C)(C)CCCC)cc1. The van der Waals surface area contributed by atoms with Crippen LogP contribution in [0.2, 0.25) is 0 Å². The Balaban J connectivity index is 2.80. The summed E-state index contributed by atoms with van der Waals surface area (Å²) in [6, 6.07) is 8.76. The van der Waals surface area contributed by atoms with Gasteiger partial charge in [0.1, 0.15) is 0 Å². The maximum absolute atomic E-state index is 3.77. The third-order valence-corrected chi connectivity index (χ3v) is 3.08. The first-order chi connectivity index (χ1) is 7.10. The Morgan fingerprint density at radius 2 is 1.80 bits per heavy atom. The van der Waals surface area contributed by atoms with E-state index in [0.29, 0.717) is 5.41 Å². The lowest BCUT2D eigenvalue weighted by molar-refractivity contribution is 0.458. The Bertz CT molecular complexity index is 303. The lowest BCUT2D eigenvalue weighted by Crippen LogP contribution is -2.16. The number of benzene rings is 1. The summed E-state index contributed by atoms with van der Waals surface area (Å²) in [5, 5.41) is 0. The van der Waals surface area contributed by atoms with Crippen LogP contribution >= 0.6 is 0 Å². The van der Waals surface area contributed by atoms with E-state index in [9.17, 15) is 0 Å². The minimum atomic E-state index is 0.301. The fourth-order valence-electron chi connectivity index (χ4n) is 1.83. The van der Waals surface area contributed by atoms with Crippen molar-refractivity contribution in [1.82, 2.24) is 0 Å². The van der Waals surface area contributed by atoms with Crippen LogP contribution in [0.1, 0.15) is 51.2 Å². The molecule has 0 radical (unpaired) electrons. The first-order valence-corrected chi connectivity index (χ1v) is 5.83. The summed E-state index contributed by atoms with van der Waals surface area (Å²) in [5.74, 6) is 0. The maximum atomic E-state index is 3.77. The van der Waals surface area contributed by atoms with E-state index in [-0.39, 0.29) is 0 Å². The van der Waals surface area contributed by atoms with Crippen LogP contribution in [-0.2, 0) is 5.41 Å². The van der Waals surface area contributed by atoms with Crippen molar-refractivity contribution in [2.75, 3.05) is 0 Å². The first-order valence-electron chi connectivity index (χ1n) is 5.83. The standard InChI is InChI=1S/C15H22/c1-5-7-12-15(3,4)14-10-8-13(6-2)9-11-14/h6,8-11H,2,5,7,12H2,1,3-4H3. The highest BCUT2D eigenvalue weighted by molar-refractivity contribution is 5.47. The molecule has 0 spiro atoms. The number of hydrogen-bond acceptors (Lipinski definition) is 0. The molecular formula is C15H22. The van der Waals surface area contributed by atoms with E-state index in [4.69, 9.17) is 0 Å². The van der Waals surface area contributed by atoms with Crippen molar-refractivity contribution in [3.05, 3.63) is 42.0 Å². The van der Waals surface area contributed by atoms with Crippen molar-refractivity contribution in [3.8, 4) is 0 Å². The zero-order chi connectivity index (χ0) is 11.3. The summed E-state index contributed by atoms with van der Waals surface area (Å²) in [5.41, 5.74) is 2.93. The van der Waals surface area contributed by atoms with E-state index < -0.39 is 0 Å². The zero-order valence-corrected chi connectivity index (χ0v) is 10.2. The molecule has 0 amide bonds. The van der Waals surface area contributed by atoms with Crippen LogP contribution in [0.5, 0.6) is 0 Å². The molecule has 0 heterocycles. The minimum Gasteiger partial charge on any atom is -0.0985 e. The second-order valence-corrected chi connectivity index (χ2v) is 4.81. The Morgan fingerprint density at radius 1 is 1.20 bits per heavy atom. The maximum Gasteiger partial charge on any atom is -0.0104 e. The predicted octanol–water partition coefficient (Wildman–Crippen LogP) is 4.80. The molecule has 0 aliphatic carbocycles. The van der Waals surface area contributed by atoms with Gasteiger partial charge in [0.2, 0.25) is 0 Å². The van der Waals surface area contributed by atoms with Gasteiger partial charge in [-0.15, -0.1) is 0 Å². The van der Waals surface area contributed by atoms with Gasteiger partial charge in [0.15, 0.2) is 0 Å². The highest BCUT2D eigenvalue weighted by atomic mass is 14.2. The largest absolute Gasteiger partial charge is 0.0985 e. The van der Waals surface area contributed by atoms with Gasteiger partial charge < -0.3 is 0 Å². The van der Waals surface area contributed by atoms with Crippen molar-refractivity contribution in [2.24, 2.45) is 0 Å². The molecule has 0 fully saturated rings. The molecule has 0 bridgehead atoms. The van der Waals surface area contributed by atoms with Gasteiger partial charge in [-0.05, 0) is 23.0 Å². The van der Waals surface area contributed by atoms with Gasteiger partial charge in [-0.1, -0.05) is 70.5 Å². The van der Waals surface area contributed by atoms with E-state index >= 15 is 0 Å². The van der Waals surface area contributed by atoms with Gasteiger partial charge >= 0.3 is 0 Å². The smallest absolute Gasteiger partial charge is 0.0104 e. The van der Waals surface area contributed by atoms with E-state index in [1.54, 1.807) is 0 Å². The molecular weight excluding hydrogens is 180 g/mol. The molecule has 0 unspecified atom stereocenters. The highest BCUT2D eigenvalue weighted by Crippen LogP contribution is 2.29. The zero-order valence-electron chi connectivity index (χ0n) is 10.2. The third kappa shape index (κ3) is 3.23. The van der Waals surface area contributed by atoms with Crippen molar-refractivity contribution >= 4 is 6.08 Å². The molecule has 1 aromatic carbocycles. The Morgan fingerprint density at radius 3 is 2.27 bits per heavy atom. The Hall–Kier alpha value is -1.04. The molecule has 0 saturated heterocycles. The van der Waals surface area contributed by atoms with E-state index in [1.165, 1.54) is 30.4 Å². The highest BCUT2D eigenvalue weighted by Gasteiger charge is 2.19. The van der Waals surface area contributed by atoms with Crippen LogP contribution in [0.4, 0.5) is 0 Å². The average molecular weight is 202 g/mol. The summed E-state index contributed by atoms with van der Waals surface area (Å²) in [7, 11) is 0. The van der Waals surface area contributed by atoms with Crippen molar-refractivity contribution in [1.29, 1.82) is 0 Å². The average Bonchev–Trinajstić information content (AvgIpc) is 2.26. The number of rotatable bonds is 5. The molecule has 0 aliphatic rings. The number of unbranched alkanes of at least 4 members (excludes halogenated alkanes) is 1. The van der Waals surface area contributed by atoms with Crippen molar-refractivity contribution in [2.45, 2.75) is 45.4 Å². The number of hydrogen-bond donors (Lipinski definition) is 0. The summed E-state index contributed by atoms with van der Waals surface area (Å²) in [6.07, 6.45) is 5.73. The lowest BCUT2D eigenvalue weighted by Gasteiger charge is -2.25. The Labute approximate surface area is 94.0 Å². The van der Waals surface area contributed by atoms with Gasteiger partial charge in [0.05, 0.1) is 0 Å². The molecule has 1 aromatic rings. The summed E-state index contributed by atoms with van der Waals surface area (Å²) in [4.78, 5) is 0. The van der Waals surface area contributed by atoms with Crippen LogP contribution in [0.15, 0.2) is 30.8 Å². The molecule has 1 rings (SSSR count). The second-order valence-electron chi connectivity index (χ2n) is 4.81.